The minimum atomic E-state index is -0.388. The molecule has 4 N–H and O–H groups in total. The Morgan fingerprint density at radius 2 is 1.68 bits per heavy atom. The summed E-state index contributed by atoms with van der Waals surface area (Å²) >= 11 is 0. The van der Waals surface area contributed by atoms with Gasteiger partial charge < -0.3 is 30.3 Å². The number of carbonyl (C=O) groups is 2. The highest BCUT2D eigenvalue weighted by molar-refractivity contribution is 6.01. The molecule has 41 heavy (non-hydrogen) atoms. The zero-order chi connectivity index (χ0) is 29.9. The smallest absolute Gasteiger partial charge is 0.323 e. The van der Waals surface area contributed by atoms with E-state index < -0.39 is 0 Å². The van der Waals surface area contributed by atoms with Crippen molar-refractivity contribution in [3.8, 4) is 5.75 Å². The number of benzene rings is 2. The van der Waals surface area contributed by atoms with E-state index in [2.05, 4.69) is 48.8 Å². The first kappa shape index (κ1) is 31.7. The van der Waals surface area contributed by atoms with Crippen LogP contribution in [0.1, 0.15) is 69.2 Å². The van der Waals surface area contributed by atoms with Crippen LogP contribution < -0.4 is 20.7 Å². The lowest BCUT2D eigenvalue weighted by molar-refractivity contribution is -0.121. The third-order valence-electron chi connectivity index (χ3n) is 6.80. The van der Waals surface area contributed by atoms with Gasteiger partial charge in [0.15, 0.2) is 0 Å². The predicted molar refractivity (Wildman–Crippen MR) is 161 cm³/mol. The summed E-state index contributed by atoms with van der Waals surface area (Å²) in [6.07, 6.45) is 2.34. The average molecular weight is 565 g/mol. The number of aromatic nitrogens is 1. The molecule has 1 heterocycles. The molecule has 3 aromatic rings. The number of anilines is 2. The third-order valence-corrected chi connectivity index (χ3v) is 6.80. The number of rotatable bonds is 14. The molecule has 0 aliphatic rings. The molecule has 0 spiro atoms. The number of nitrogens with zero attached hydrogens (tertiary/aromatic N) is 1. The second-order valence-corrected chi connectivity index (χ2v) is 11.5. The van der Waals surface area contributed by atoms with Crippen LogP contribution in [0, 0.1) is 24.7 Å². The molecular weight excluding hydrogens is 520 g/mol. The van der Waals surface area contributed by atoms with Gasteiger partial charge in [0.05, 0.1) is 25.3 Å². The Kier molecular flexibility index (Phi) is 11.8. The molecule has 222 valence electrons. The summed E-state index contributed by atoms with van der Waals surface area (Å²) in [6.45, 7) is 10.5. The number of aryl methyl sites for hydroxylation is 1. The number of para-hydroxylation sites is 1. The van der Waals surface area contributed by atoms with Gasteiger partial charge in [-0.15, -0.1) is 0 Å². The molecule has 9 heteroatoms. The van der Waals surface area contributed by atoms with Crippen LogP contribution in [0.5, 0.6) is 5.75 Å². The van der Waals surface area contributed by atoms with Crippen LogP contribution in [0.4, 0.5) is 16.2 Å². The van der Waals surface area contributed by atoms with Crippen molar-refractivity contribution in [1.82, 2.24) is 10.5 Å². The van der Waals surface area contributed by atoms with Crippen molar-refractivity contribution in [1.29, 1.82) is 0 Å². The first-order valence-electron chi connectivity index (χ1n) is 14.2. The molecule has 0 radical (unpaired) electrons. The summed E-state index contributed by atoms with van der Waals surface area (Å²) in [5, 5.41) is 22.8. The van der Waals surface area contributed by atoms with Crippen LogP contribution in [0.25, 0.3) is 0 Å². The van der Waals surface area contributed by atoms with Crippen LogP contribution in [-0.2, 0) is 17.6 Å². The highest BCUT2D eigenvalue weighted by Gasteiger charge is 2.22. The molecule has 2 unspecified atom stereocenters. The maximum Gasteiger partial charge on any atom is 0.323 e. The van der Waals surface area contributed by atoms with E-state index in [9.17, 15) is 14.7 Å². The number of methoxy groups -OCH3 is 1. The molecule has 3 amide bonds. The second kappa shape index (κ2) is 15.2. The first-order chi connectivity index (χ1) is 19.6. The van der Waals surface area contributed by atoms with Crippen LogP contribution in [0.2, 0.25) is 0 Å². The highest BCUT2D eigenvalue weighted by atomic mass is 16.5. The quantitative estimate of drug-likeness (QED) is 0.183. The molecule has 0 aliphatic carbocycles. The van der Waals surface area contributed by atoms with Gasteiger partial charge in [-0.3, -0.25) is 4.79 Å². The molecule has 2 atom stereocenters. The Morgan fingerprint density at radius 1 is 0.976 bits per heavy atom. The van der Waals surface area contributed by atoms with Gasteiger partial charge in [-0.1, -0.05) is 57.1 Å². The largest absolute Gasteiger partial charge is 0.495 e. The fourth-order valence-corrected chi connectivity index (χ4v) is 4.86. The molecule has 0 saturated carbocycles. The summed E-state index contributed by atoms with van der Waals surface area (Å²) in [6, 6.07) is 14.0. The summed E-state index contributed by atoms with van der Waals surface area (Å²) < 4.78 is 11.1. The molecule has 1 aromatic heterocycles. The highest BCUT2D eigenvalue weighted by Crippen LogP contribution is 2.27. The van der Waals surface area contributed by atoms with E-state index in [4.69, 9.17) is 9.26 Å². The van der Waals surface area contributed by atoms with Gasteiger partial charge >= 0.3 is 6.03 Å². The van der Waals surface area contributed by atoms with E-state index in [1.807, 2.05) is 37.3 Å². The van der Waals surface area contributed by atoms with E-state index in [0.29, 0.717) is 47.6 Å². The van der Waals surface area contributed by atoms with Crippen molar-refractivity contribution < 1.29 is 24.0 Å². The standard InChI is InChI=1S/C32H44N4O5/c1-20(2)13-24(19-37)15-25-18-29(36-41-25)28(14-21(3)4)33-31(38)17-23-11-12-27(30(16-23)40-6)35-32(39)34-26-10-8-7-9-22(26)5/h7-12,16,18,20-21,24,28,37H,13-15,17,19H2,1-6H3,(H,33,38)(H2,34,35,39). The zero-order valence-electron chi connectivity index (χ0n) is 25.0. The van der Waals surface area contributed by atoms with Crippen molar-refractivity contribution in [2.75, 3.05) is 24.4 Å². The van der Waals surface area contributed by atoms with E-state index in [0.717, 1.165) is 23.2 Å². The lowest BCUT2D eigenvalue weighted by atomic mass is 9.93. The minimum Gasteiger partial charge on any atom is -0.495 e. The number of urea groups is 1. The van der Waals surface area contributed by atoms with Gasteiger partial charge in [0.1, 0.15) is 17.2 Å². The molecule has 2 aromatic carbocycles. The molecular formula is C32H44N4O5. The number of amides is 3. The summed E-state index contributed by atoms with van der Waals surface area (Å²) in [4.78, 5) is 25.7. The fourth-order valence-electron chi connectivity index (χ4n) is 4.86. The Balaban J connectivity index is 1.65. The number of hydrogen-bond donors (Lipinski definition) is 4. The number of ether oxygens (including phenoxy) is 1. The Labute approximate surface area is 243 Å². The third kappa shape index (κ3) is 9.93. The molecule has 3 rings (SSSR count). The lowest BCUT2D eigenvalue weighted by Gasteiger charge is -2.19. The molecule has 0 fully saturated rings. The van der Waals surface area contributed by atoms with Crippen molar-refractivity contribution >= 4 is 23.3 Å². The number of carbonyl (C=O) groups excluding carboxylic acids is 2. The first-order valence-corrected chi connectivity index (χ1v) is 14.2. The van der Waals surface area contributed by atoms with Gasteiger partial charge in [-0.05, 0) is 66.8 Å². The molecule has 0 bridgehead atoms. The van der Waals surface area contributed by atoms with Gasteiger partial charge in [0, 0.05) is 24.8 Å². The normalized spacial score (nSPS) is 12.7. The van der Waals surface area contributed by atoms with Crippen LogP contribution in [-0.4, -0.2) is 35.9 Å². The number of aliphatic hydroxyl groups excluding tert-OH is 1. The SMILES string of the molecule is COc1cc(CC(=O)NC(CC(C)C)c2cc(CC(CO)CC(C)C)on2)ccc1NC(=O)Nc1ccccc1C. The van der Waals surface area contributed by atoms with Gasteiger partial charge in [0.25, 0.3) is 0 Å². The van der Waals surface area contributed by atoms with Crippen molar-refractivity contribution in [2.45, 2.75) is 66.3 Å². The topological polar surface area (TPSA) is 126 Å². The van der Waals surface area contributed by atoms with E-state index in [-0.39, 0.29) is 36.9 Å². The van der Waals surface area contributed by atoms with Crippen molar-refractivity contribution in [3.05, 3.63) is 71.1 Å². The minimum absolute atomic E-state index is 0.0928. The van der Waals surface area contributed by atoms with Gasteiger partial charge in [-0.2, -0.15) is 0 Å². The zero-order valence-corrected chi connectivity index (χ0v) is 25.0. The Morgan fingerprint density at radius 3 is 2.34 bits per heavy atom. The average Bonchev–Trinajstić information content (AvgIpc) is 3.38. The van der Waals surface area contributed by atoms with Gasteiger partial charge in [0.2, 0.25) is 5.91 Å². The van der Waals surface area contributed by atoms with E-state index >= 15 is 0 Å². The van der Waals surface area contributed by atoms with Crippen molar-refractivity contribution in [2.24, 2.45) is 17.8 Å². The lowest BCUT2D eigenvalue weighted by Crippen LogP contribution is -2.31. The van der Waals surface area contributed by atoms with E-state index in [1.165, 1.54) is 7.11 Å². The van der Waals surface area contributed by atoms with Crippen LogP contribution >= 0.6 is 0 Å². The molecule has 0 saturated heterocycles. The maximum absolute atomic E-state index is 13.1. The molecule has 0 aliphatic heterocycles. The van der Waals surface area contributed by atoms with Crippen LogP contribution in [0.3, 0.4) is 0 Å². The number of nitrogens with one attached hydrogen (secondary N) is 3. The van der Waals surface area contributed by atoms with E-state index in [1.54, 1.807) is 18.2 Å². The summed E-state index contributed by atoms with van der Waals surface area (Å²) in [5.41, 5.74) is 3.59. The molecule has 9 nitrogen and oxygen atoms in total. The number of aliphatic hydroxyl groups is 1. The Bertz CT molecular complexity index is 1290. The van der Waals surface area contributed by atoms with Crippen molar-refractivity contribution in [3.63, 3.8) is 0 Å². The van der Waals surface area contributed by atoms with Crippen LogP contribution in [0.15, 0.2) is 53.1 Å². The summed E-state index contributed by atoms with van der Waals surface area (Å²) in [5.74, 6) is 1.91. The van der Waals surface area contributed by atoms with Gasteiger partial charge in [-0.25, -0.2) is 4.79 Å². The Hall–Kier alpha value is -3.85. The fraction of sp³-hybridized carbons (Fsp3) is 0.469. The maximum atomic E-state index is 13.1. The summed E-state index contributed by atoms with van der Waals surface area (Å²) in [7, 11) is 1.52. The monoisotopic (exact) mass is 564 g/mol. The number of hydrogen-bond acceptors (Lipinski definition) is 6. The second-order valence-electron chi connectivity index (χ2n) is 11.5. The predicted octanol–water partition coefficient (Wildman–Crippen LogP) is 6.28.